The Morgan fingerprint density at radius 1 is 1.38 bits per heavy atom. The maximum Gasteiger partial charge on any atom is 0.222 e. The van der Waals surface area contributed by atoms with E-state index in [1.807, 2.05) is 17.0 Å². The minimum Gasteiger partial charge on any atom is -0.494 e. The van der Waals surface area contributed by atoms with Gasteiger partial charge < -0.3 is 15.0 Å². The van der Waals surface area contributed by atoms with Crippen molar-refractivity contribution in [3.05, 3.63) is 26.6 Å². The second-order valence-electron chi connectivity index (χ2n) is 5.32. The topological polar surface area (TPSA) is 41.6 Å². The number of benzene rings is 1. The van der Waals surface area contributed by atoms with Gasteiger partial charge in [-0.15, -0.1) is 0 Å². The van der Waals surface area contributed by atoms with Gasteiger partial charge in [-0.25, -0.2) is 0 Å². The highest BCUT2D eigenvalue weighted by molar-refractivity contribution is 9.11. The molecule has 6 heteroatoms. The molecule has 1 aliphatic rings. The lowest BCUT2D eigenvalue weighted by molar-refractivity contribution is -0.127. The van der Waals surface area contributed by atoms with E-state index >= 15 is 0 Å². The molecule has 1 aromatic carbocycles. The zero-order chi connectivity index (χ0) is 15.4. The molecule has 0 bridgehead atoms. The molecule has 1 fully saturated rings. The Bertz CT molecular complexity index is 499. The molecule has 4 nitrogen and oxygen atoms in total. The van der Waals surface area contributed by atoms with Crippen LogP contribution in [0.4, 0.5) is 0 Å². The van der Waals surface area contributed by atoms with Crippen LogP contribution in [0.2, 0.25) is 0 Å². The lowest BCUT2D eigenvalue weighted by Gasteiger charge is -2.22. The molecule has 116 valence electrons. The molecule has 0 aliphatic carbocycles. The summed E-state index contributed by atoms with van der Waals surface area (Å²) in [4.78, 5) is 13.6. The number of nitrogens with zero attached hydrogens (tertiary/aromatic N) is 1. The van der Waals surface area contributed by atoms with Gasteiger partial charge in [-0.05, 0) is 62.9 Å². The number of hydrogen-bond donors (Lipinski definition) is 1. The maximum atomic E-state index is 11.6. The fourth-order valence-electron chi connectivity index (χ4n) is 2.49. The van der Waals surface area contributed by atoms with E-state index in [1.54, 1.807) is 7.11 Å². The predicted molar refractivity (Wildman–Crippen MR) is 90.5 cm³/mol. The molecule has 0 spiro atoms. The molecule has 1 N–H and O–H groups in total. The molecule has 1 amide bonds. The van der Waals surface area contributed by atoms with Gasteiger partial charge in [0, 0.05) is 32.1 Å². The van der Waals surface area contributed by atoms with Crippen molar-refractivity contribution < 1.29 is 9.53 Å². The molecule has 1 unspecified atom stereocenters. The SMILES string of the molecule is COc1c(Br)cc(CNC(C)CN2CCCC2=O)cc1Br. The van der Waals surface area contributed by atoms with Crippen molar-refractivity contribution in [1.82, 2.24) is 10.2 Å². The van der Waals surface area contributed by atoms with Crippen LogP contribution in [0.5, 0.6) is 5.75 Å². The third-order valence-electron chi connectivity index (χ3n) is 3.58. The zero-order valence-corrected chi connectivity index (χ0v) is 15.5. The van der Waals surface area contributed by atoms with Gasteiger partial charge in [-0.1, -0.05) is 0 Å². The monoisotopic (exact) mass is 418 g/mol. The number of nitrogens with one attached hydrogen (secondary N) is 1. The van der Waals surface area contributed by atoms with E-state index in [9.17, 15) is 4.79 Å². The Labute approximate surface area is 142 Å². The van der Waals surface area contributed by atoms with Crippen LogP contribution in [0.1, 0.15) is 25.3 Å². The first-order valence-corrected chi connectivity index (χ1v) is 8.63. The standard InChI is InChI=1S/C15H20Br2N2O2/c1-10(9-19-5-3-4-14(19)20)18-8-11-6-12(16)15(21-2)13(17)7-11/h6-7,10,18H,3-5,8-9H2,1-2H3. The van der Waals surface area contributed by atoms with Crippen LogP contribution in [-0.2, 0) is 11.3 Å². The number of ether oxygens (including phenoxy) is 1. The van der Waals surface area contributed by atoms with E-state index in [2.05, 4.69) is 44.1 Å². The molecule has 1 aliphatic heterocycles. The van der Waals surface area contributed by atoms with E-state index in [4.69, 9.17) is 4.74 Å². The summed E-state index contributed by atoms with van der Waals surface area (Å²) in [5.41, 5.74) is 1.16. The third kappa shape index (κ3) is 4.44. The number of amides is 1. The predicted octanol–water partition coefficient (Wildman–Crippen LogP) is 3.32. The summed E-state index contributed by atoms with van der Waals surface area (Å²) in [6.45, 7) is 4.53. The van der Waals surface area contributed by atoms with Crippen molar-refractivity contribution >= 4 is 37.8 Å². The largest absolute Gasteiger partial charge is 0.494 e. The van der Waals surface area contributed by atoms with Crippen LogP contribution in [0.25, 0.3) is 0 Å². The summed E-state index contributed by atoms with van der Waals surface area (Å²) >= 11 is 7.02. The van der Waals surface area contributed by atoms with Crippen molar-refractivity contribution in [1.29, 1.82) is 0 Å². The normalized spacial score (nSPS) is 16.4. The Hall–Kier alpha value is -0.590. The van der Waals surface area contributed by atoms with Gasteiger partial charge in [-0.2, -0.15) is 0 Å². The highest BCUT2D eigenvalue weighted by atomic mass is 79.9. The van der Waals surface area contributed by atoms with Gasteiger partial charge >= 0.3 is 0 Å². The Morgan fingerprint density at radius 3 is 2.57 bits per heavy atom. The van der Waals surface area contributed by atoms with Crippen LogP contribution >= 0.6 is 31.9 Å². The van der Waals surface area contributed by atoms with Gasteiger partial charge in [0.15, 0.2) is 0 Å². The number of likely N-dealkylation sites (tertiary alicyclic amines) is 1. The maximum absolute atomic E-state index is 11.6. The van der Waals surface area contributed by atoms with E-state index in [1.165, 1.54) is 0 Å². The van der Waals surface area contributed by atoms with Crippen LogP contribution < -0.4 is 10.1 Å². The lowest BCUT2D eigenvalue weighted by Crippen LogP contribution is -2.39. The van der Waals surface area contributed by atoms with E-state index in [0.29, 0.717) is 6.42 Å². The highest BCUT2D eigenvalue weighted by Crippen LogP contribution is 2.34. The van der Waals surface area contributed by atoms with E-state index in [-0.39, 0.29) is 11.9 Å². The van der Waals surface area contributed by atoms with Crippen LogP contribution in [-0.4, -0.2) is 37.0 Å². The summed E-state index contributed by atoms with van der Waals surface area (Å²) in [5.74, 6) is 1.08. The Balaban J connectivity index is 1.89. The molecule has 0 radical (unpaired) electrons. The quantitative estimate of drug-likeness (QED) is 0.768. The highest BCUT2D eigenvalue weighted by Gasteiger charge is 2.21. The van der Waals surface area contributed by atoms with Gasteiger partial charge in [0.05, 0.1) is 16.1 Å². The summed E-state index contributed by atoms with van der Waals surface area (Å²) in [7, 11) is 1.65. The van der Waals surface area contributed by atoms with E-state index in [0.717, 1.165) is 46.3 Å². The number of carbonyl (C=O) groups is 1. The second-order valence-corrected chi connectivity index (χ2v) is 7.03. The van der Waals surface area contributed by atoms with Gasteiger partial charge in [0.25, 0.3) is 0 Å². The molecule has 21 heavy (non-hydrogen) atoms. The molecule has 0 aromatic heterocycles. The van der Waals surface area contributed by atoms with Gasteiger partial charge in [0.1, 0.15) is 5.75 Å². The fourth-order valence-corrected chi connectivity index (χ4v) is 4.10. The molecule has 0 saturated carbocycles. The Morgan fingerprint density at radius 2 is 2.05 bits per heavy atom. The number of methoxy groups -OCH3 is 1. The molecule has 2 rings (SSSR count). The minimum absolute atomic E-state index is 0.270. The Kier molecular flexibility index (Phi) is 6.08. The van der Waals surface area contributed by atoms with Crippen LogP contribution in [0.3, 0.4) is 0 Å². The average Bonchev–Trinajstić information content (AvgIpc) is 2.82. The van der Waals surface area contributed by atoms with E-state index < -0.39 is 0 Å². The molecular formula is C15H20Br2N2O2. The molecular weight excluding hydrogens is 400 g/mol. The second kappa shape index (κ2) is 7.61. The van der Waals surface area contributed by atoms with Crippen molar-refractivity contribution in [2.24, 2.45) is 0 Å². The minimum atomic E-state index is 0.270. The molecule has 1 atom stereocenters. The molecule has 1 heterocycles. The first-order valence-electron chi connectivity index (χ1n) is 7.04. The van der Waals surface area contributed by atoms with Crippen LogP contribution in [0, 0.1) is 0 Å². The third-order valence-corrected chi connectivity index (χ3v) is 4.76. The average molecular weight is 420 g/mol. The number of halogens is 2. The molecule has 1 aromatic rings. The van der Waals surface area contributed by atoms with Gasteiger partial charge in [-0.3, -0.25) is 4.79 Å². The summed E-state index contributed by atoms with van der Waals surface area (Å²) in [5, 5.41) is 3.46. The first-order chi connectivity index (χ1) is 10.0. The van der Waals surface area contributed by atoms with Crippen molar-refractivity contribution in [2.75, 3.05) is 20.2 Å². The lowest BCUT2D eigenvalue weighted by atomic mass is 10.2. The fraction of sp³-hybridized carbons (Fsp3) is 0.533. The smallest absolute Gasteiger partial charge is 0.222 e. The van der Waals surface area contributed by atoms with Crippen molar-refractivity contribution in [3.8, 4) is 5.75 Å². The zero-order valence-electron chi connectivity index (χ0n) is 12.3. The number of hydrogen-bond acceptors (Lipinski definition) is 3. The van der Waals surface area contributed by atoms with Crippen molar-refractivity contribution in [3.63, 3.8) is 0 Å². The van der Waals surface area contributed by atoms with Crippen molar-refractivity contribution in [2.45, 2.75) is 32.4 Å². The number of carbonyl (C=O) groups excluding carboxylic acids is 1. The number of rotatable bonds is 6. The summed E-state index contributed by atoms with van der Waals surface area (Å²) in [6, 6.07) is 4.36. The summed E-state index contributed by atoms with van der Waals surface area (Å²) < 4.78 is 7.16. The summed E-state index contributed by atoms with van der Waals surface area (Å²) in [6.07, 6.45) is 1.69. The molecule has 1 saturated heterocycles. The van der Waals surface area contributed by atoms with Gasteiger partial charge in [0.2, 0.25) is 5.91 Å². The first kappa shape index (κ1) is 16.8. The van der Waals surface area contributed by atoms with Crippen LogP contribution in [0.15, 0.2) is 21.1 Å².